The van der Waals surface area contributed by atoms with Crippen LogP contribution in [-0.4, -0.2) is 47.8 Å². The van der Waals surface area contributed by atoms with E-state index in [1.54, 1.807) is 16.6 Å². The standard InChI is InChI=1S/C14H25N3O2S2/c1-4-5-15-7-13-6-14(8-16-13)21(18,19)17-9-11(2)20-12(3)10-17/h6,8,11-12,15-16H,4-5,7,9-10H2,1-3H3. The Hall–Kier alpha value is -0.500. The molecule has 5 nitrogen and oxygen atoms in total. The molecule has 1 fully saturated rings. The molecule has 0 amide bonds. The van der Waals surface area contributed by atoms with Crippen molar-refractivity contribution in [3.63, 3.8) is 0 Å². The van der Waals surface area contributed by atoms with Crippen LogP contribution in [0.25, 0.3) is 0 Å². The summed E-state index contributed by atoms with van der Waals surface area (Å²) in [6, 6.07) is 1.75. The van der Waals surface area contributed by atoms with Crippen LogP contribution in [0.1, 0.15) is 32.9 Å². The van der Waals surface area contributed by atoms with E-state index in [1.807, 2.05) is 11.8 Å². The molecule has 0 spiro atoms. The van der Waals surface area contributed by atoms with Crippen LogP contribution in [0, 0.1) is 0 Å². The topological polar surface area (TPSA) is 65.2 Å². The van der Waals surface area contributed by atoms with Gasteiger partial charge in [0.25, 0.3) is 0 Å². The average Bonchev–Trinajstić information content (AvgIpc) is 2.87. The highest BCUT2D eigenvalue weighted by Gasteiger charge is 2.32. The van der Waals surface area contributed by atoms with Gasteiger partial charge in [0, 0.05) is 42.0 Å². The average molecular weight is 332 g/mol. The van der Waals surface area contributed by atoms with Crippen molar-refractivity contribution in [2.24, 2.45) is 0 Å². The number of aromatic amines is 1. The van der Waals surface area contributed by atoms with Crippen molar-refractivity contribution in [1.29, 1.82) is 0 Å². The third-order valence-corrected chi connectivity index (χ3v) is 6.52. The lowest BCUT2D eigenvalue weighted by molar-refractivity contribution is 0.405. The van der Waals surface area contributed by atoms with Crippen LogP contribution in [0.3, 0.4) is 0 Å². The molecule has 2 heterocycles. The fourth-order valence-corrected chi connectivity index (χ4v) is 5.70. The summed E-state index contributed by atoms with van der Waals surface area (Å²) in [6.45, 7) is 9.05. The summed E-state index contributed by atoms with van der Waals surface area (Å²) in [5.74, 6) is 0. The van der Waals surface area contributed by atoms with Gasteiger partial charge in [0.15, 0.2) is 0 Å². The lowest BCUT2D eigenvalue weighted by Crippen LogP contribution is -2.43. The Bertz CT molecular complexity index is 546. The van der Waals surface area contributed by atoms with E-state index in [9.17, 15) is 8.42 Å². The number of hydrogen-bond donors (Lipinski definition) is 2. The van der Waals surface area contributed by atoms with Gasteiger partial charge in [-0.1, -0.05) is 20.8 Å². The predicted molar refractivity (Wildman–Crippen MR) is 88.1 cm³/mol. The monoisotopic (exact) mass is 331 g/mol. The normalized spacial score (nSPS) is 24.3. The van der Waals surface area contributed by atoms with Gasteiger partial charge in [0.05, 0.1) is 4.90 Å². The third kappa shape index (κ3) is 4.25. The Morgan fingerprint density at radius 2 is 2.05 bits per heavy atom. The molecule has 2 atom stereocenters. The lowest BCUT2D eigenvalue weighted by Gasteiger charge is -2.33. The van der Waals surface area contributed by atoms with Gasteiger partial charge in [-0.3, -0.25) is 0 Å². The van der Waals surface area contributed by atoms with Gasteiger partial charge in [-0.25, -0.2) is 8.42 Å². The SMILES string of the molecule is CCCNCc1cc(S(=O)(=O)N2CC(C)SC(C)C2)c[nH]1. The molecule has 2 unspecified atom stereocenters. The smallest absolute Gasteiger partial charge is 0.244 e. The zero-order valence-electron chi connectivity index (χ0n) is 12.9. The first-order chi connectivity index (χ1) is 9.93. The lowest BCUT2D eigenvalue weighted by atomic mass is 10.4. The number of rotatable bonds is 6. The first kappa shape index (κ1) is 16.9. The first-order valence-corrected chi connectivity index (χ1v) is 9.85. The maximum atomic E-state index is 12.7. The van der Waals surface area contributed by atoms with E-state index < -0.39 is 10.0 Å². The van der Waals surface area contributed by atoms with E-state index in [0.29, 0.717) is 35.0 Å². The highest BCUT2D eigenvalue weighted by molar-refractivity contribution is 8.00. The predicted octanol–water partition coefficient (Wildman–Crippen LogP) is 2.03. The molecule has 2 N–H and O–H groups in total. The van der Waals surface area contributed by atoms with E-state index in [1.165, 1.54) is 0 Å². The number of hydrogen-bond acceptors (Lipinski definition) is 4. The Morgan fingerprint density at radius 1 is 1.38 bits per heavy atom. The molecule has 1 aliphatic heterocycles. The molecule has 0 aliphatic carbocycles. The van der Waals surface area contributed by atoms with E-state index in [4.69, 9.17) is 0 Å². The quantitative estimate of drug-likeness (QED) is 0.783. The Kier molecular flexibility index (Phi) is 5.76. The van der Waals surface area contributed by atoms with Gasteiger partial charge in [-0.2, -0.15) is 16.1 Å². The van der Waals surface area contributed by atoms with Crippen molar-refractivity contribution in [3.8, 4) is 0 Å². The minimum Gasteiger partial charge on any atom is -0.363 e. The molecular weight excluding hydrogens is 306 g/mol. The molecule has 7 heteroatoms. The van der Waals surface area contributed by atoms with E-state index in [0.717, 1.165) is 18.7 Å². The summed E-state index contributed by atoms with van der Waals surface area (Å²) in [6.07, 6.45) is 2.67. The van der Waals surface area contributed by atoms with Crippen molar-refractivity contribution in [2.75, 3.05) is 19.6 Å². The molecule has 1 aliphatic rings. The second kappa shape index (κ2) is 7.17. The Labute approximate surface area is 131 Å². The molecule has 0 bridgehead atoms. The second-order valence-corrected chi connectivity index (χ2v) is 9.44. The number of nitrogens with one attached hydrogen (secondary N) is 2. The van der Waals surface area contributed by atoms with Gasteiger partial charge < -0.3 is 10.3 Å². The van der Waals surface area contributed by atoms with Crippen LogP contribution >= 0.6 is 11.8 Å². The molecule has 120 valence electrons. The zero-order chi connectivity index (χ0) is 15.5. The third-order valence-electron chi connectivity index (χ3n) is 3.48. The Morgan fingerprint density at radius 3 is 2.67 bits per heavy atom. The molecule has 21 heavy (non-hydrogen) atoms. The van der Waals surface area contributed by atoms with Crippen molar-refractivity contribution >= 4 is 21.8 Å². The summed E-state index contributed by atoms with van der Waals surface area (Å²) in [5, 5.41) is 3.95. The van der Waals surface area contributed by atoms with Crippen molar-refractivity contribution < 1.29 is 8.42 Å². The molecule has 0 saturated carbocycles. The van der Waals surface area contributed by atoms with Crippen molar-refractivity contribution in [3.05, 3.63) is 18.0 Å². The fourth-order valence-electron chi connectivity index (χ4n) is 2.55. The van der Waals surface area contributed by atoms with Crippen LogP contribution in [0.5, 0.6) is 0 Å². The molecule has 1 saturated heterocycles. The van der Waals surface area contributed by atoms with Crippen LogP contribution in [0.4, 0.5) is 0 Å². The molecule has 1 aromatic heterocycles. The number of thioether (sulfide) groups is 1. The summed E-state index contributed by atoms with van der Waals surface area (Å²) in [4.78, 5) is 3.44. The van der Waals surface area contributed by atoms with Crippen LogP contribution in [0.2, 0.25) is 0 Å². The summed E-state index contributed by atoms with van der Waals surface area (Å²) < 4.78 is 27.0. The zero-order valence-corrected chi connectivity index (χ0v) is 14.6. The van der Waals surface area contributed by atoms with Crippen molar-refractivity contribution in [1.82, 2.24) is 14.6 Å². The molecule has 0 aromatic carbocycles. The van der Waals surface area contributed by atoms with E-state index in [-0.39, 0.29) is 0 Å². The number of nitrogens with zero attached hydrogens (tertiary/aromatic N) is 1. The van der Waals surface area contributed by atoms with Crippen molar-refractivity contribution in [2.45, 2.75) is 49.1 Å². The maximum Gasteiger partial charge on any atom is 0.244 e. The summed E-state index contributed by atoms with van der Waals surface area (Å²) in [5.41, 5.74) is 0.912. The largest absolute Gasteiger partial charge is 0.363 e. The number of aromatic nitrogens is 1. The molecule has 0 radical (unpaired) electrons. The van der Waals surface area contributed by atoms with Gasteiger partial charge in [0.2, 0.25) is 10.0 Å². The van der Waals surface area contributed by atoms with Gasteiger partial charge in [-0.05, 0) is 19.0 Å². The van der Waals surface area contributed by atoms with E-state index >= 15 is 0 Å². The minimum atomic E-state index is -3.38. The fraction of sp³-hybridized carbons (Fsp3) is 0.714. The first-order valence-electron chi connectivity index (χ1n) is 7.47. The maximum absolute atomic E-state index is 12.7. The molecule has 1 aromatic rings. The molecule has 2 rings (SSSR count). The molecular formula is C14H25N3O2S2. The van der Waals surface area contributed by atoms with Crippen LogP contribution in [0.15, 0.2) is 17.2 Å². The van der Waals surface area contributed by atoms with E-state index in [2.05, 4.69) is 31.1 Å². The van der Waals surface area contributed by atoms with Gasteiger partial charge >= 0.3 is 0 Å². The van der Waals surface area contributed by atoms with Crippen LogP contribution < -0.4 is 5.32 Å². The Balaban J connectivity index is 2.08. The minimum absolute atomic E-state index is 0.341. The second-order valence-electron chi connectivity index (χ2n) is 5.62. The summed E-state index contributed by atoms with van der Waals surface area (Å²) in [7, 11) is -3.38. The van der Waals surface area contributed by atoms with Gasteiger partial charge in [0.1, 0.15) is 0 Å². The number of H-pyrrole nitrogens is 1. The summed E-state index contributed by atoms with van der Waals surface area (Å²) >= 11 is 1.85. The highest BCUT2D eigenvalue weighted by atomic mass is 32.2. The number of sulfonamides is 1. The highest BCUT2D eigenvalue weighted by Crippen LogP contribution is 2.29. The van der Waals surface area contributed by atoms with Crippen LogP contribution in [-0.2, 0) is 16.6 Å². The van der Waals surface area contributed by atoms with Gasteiger partial charge in [-0.15, -0.1) is 0 Å².